The van der Waals surface area contributed by atoms with Crippen LogP contribution in [0.1, 0.15) is 23.9 Å². The number of aliphatic hydroxyl groups excluding tert-OH is 1. The number of fused-ring (bicyclic) bond motifs is 3. The molecular weight excluding hydrogens is 510 g/mol. The van der Waals surface area contributed by atoms with Gasteiger partial charge in [0, 0.05) is 18.1 Å². The highest BCUT2D eigenvalue weighted by Gasteiger charge is 2.35. The van der Waals surface area contributed by atoms with Gasteiger partial charge in [-0.3, -0.25) is 0 Å². The van der Waals surface area contributed by atoms with Gasteiger partial charge in [-0.2, -0.15) is 0 Å². The molecule has 190 valence electrons. The van der Waals surface area contributed by atoms with Gasteiger partial charge in [0.25, 0.3) is 10.0 Å². The largest absolute Gasteiger partial charge is 0.593 e. The van der Waals surface area contributed by atoms with E-state index in [0.717, 1.165) is 10.5 Å². The number of aliphatic hydroxyl groups is 1. The molecule has 0 radical (unpaired) electrons. The van der Waals surface area contributed by atoms with Crippen LogP contribution in [0.5, 0.6) is 0 Å². The van der Waals surface area contributed by atoms with E-state index in [1.54, 1.807) is 42.6 Å². The number of imidazole rings is 1. The molecule has 2 aromatic carbocycles. The number of hydrogen-bond donors (Lipinski definition) is 1. The molecule has 5 aromatic rings. The summed E-state index contributed by atoms with van der Waals surface area (Å²) in [6, 6.07) is 17.5. The summed E-state index contributed by atoms with van der Waals surface area (Å²) in [5.74, 6) is 0.468. The fraction of sp³-hybridized carbons (Fsp3) is 0.231. The monoisotopic (exact) mass is 535 g/mol. The second-order valence-corrected chi connectivity index (χ2v) is 12.4. The fourth-order valence-electron chi connectivity index (χ4n) is 4.98. The Morgan fingerprint density at radius 2 is 1.86 bits per heavy atom. The molecule has 3 aromatic heterocycles. The lowest BCUT2D eigenvalue weighted by atomic mass is 10.2. The van der Waals surface area contributed by atoms with Gasteiger partial charge in [0.1, 0.15) is 17.9 Å². The highest BCUT2D eigenvalue weighted by molar-refractivity contribution is 7.90. The Morgan fingerprint density at radius 1 is 1.11 bits per heavy atom. The molecule has 37 heavy (non-hydrogen) atoms. The summed E-state index contributed by atoms with van der Waals surface area (Å²) in [5, 5.41) is 10.8. The maximum absolute atomic E-state index is 13.3. The minimum atomic E-state index is -3.85. The minimum absolute atomic E-state index is 0.0961. The van der Waals surface area contributed by atoms with Gasteiger partial charge in [0.15, 0.2) is 10.5 Å². The van der Waals surface area contributed by atoms with Gasteiger partial charge in [-0.15, -0.1) is 4.31 Å². The van der Waals surface area contributed by atoms with Crippen LogP contribution in [0.2, 0.25) is 0 Å². The van der Waals surface area contributed by atoms with Crippen molar-refractivity contribution in [2.24, 2.45) is 0 Å². The summed E-state index contributed by atoms with van der Waals surface area (Å²) in [7, 11) is -3.85. The predicted molar refractivity (Wildman–Crippen MR) is 141 cm³/mol. The summed E-state index contributed by atoms with van der Waals surface area (Å²) in [6.07, 6.45) is 3.76. The Hall–Kier alpha value is -3.22. The maximum Gasteiger partial charge on any atom is 0.269 e. The van der Waals surface area contributed by atoms with Gasteiger partial charge in [-0.1, -0.05) is 35.9 Å². The smallest absolute Gasteiger partial charge is 0.269 e. The normalized spacial score (nSPS) is 17.6. The first-order valence-corrected chi connectivity index (χ1v) is 14.4. The van der Waals surface area contributed by atoms with Crippen LogP contribution in [0, 0.1) is 6.92 Å². The average Bonchev–Trinajstić information content (AvgIpc) is 3.65. The summed E-state index contributed by atoms with van der Waals surface area (Å²) >= 11 is -1.31. The molecule has 1 fully saturated rings. The number of aromatic nitrogens is 4. The lowest BCUT2D eigenvalue weighted by Crippen LogP contribution is -2.29. The fourth-order valence-corrected chi connectivity index (χ4v) is 7.54. The Morgan fingerprint density at radius 3 is 2.59 bits per heavy atom. The molecule has 1 aliphatic heterocycles. The first kappa shape index (κ1) is 24.1. The number of nitrogens with zero attached hydrogens (tertiary/aromatic N) is 5. The lowest BCUT2D eigenvalue weighted by molar-refractivity contribution is 0.262. The highest BCUT2D eigenvalue weighted by Crippen LogP contribution is 2.35. The molecule has 1 N–H and O–H groups in total. The summed E-state index contributed by atoms with van der Waals surface area (Å²) in [4.78, 5) is 9.94. The molecule has 0 aliphatic carbocycles. The first-order chi connectivity index (χ1) is 17.9. The van der Waals surface area contributed by atoms with Crippen LogP contribution in [-0.2, 0) is 28.0 Å². The summed E-state index contributed by atoms with van der Waals surface area (Å²) < 4.78 is 45.0. The molecule has 2 unspecified atom stereocenters. The van der Waals surface area contributed by atoms with Crippen molar-refractivity contribution in [3.05, 3.63) is 84.4 Å². The molecule has 0 bridgehead atoms. The van der Waals surface area contributed by atoms with Crippen LogP contribution in [0.3, 0.4) is 0 Å². The van der Waals surface area contributed by atoms with Crippen molar-refractivity contribution < 1.29 is 18.1 Å². The second-order valence-electron chi connectivity index (χ2n) is 9.11. The zero-order valence-corrected chi connectivity index (χ0v) is 21.7. The second kappa shape index (κ2) is 9.26. The van der Waals surface area contributed by atoms with E-state index in [9.17, 15) is 18.1 Å². The van der Waals surface area contributed by atoms with Crippen molar-refractivity contribution in [3.8, 4) is 0 Å². The molecule has 0 saturated carbocycles. The first-order valence-electron chi connectivity index (χ1n) is 11.9. The van der Waals surface area contributed by atoms with E-state index in [-0.39, 0.29) is 17.5 Å². The van der Waals surface area contributed by atoms with Crippen molar-refractivity contribution in [3.63, 3.8) is 0 Å². The Kier molecular flexibility index (Phi) is 6.04. The Labute approximate surface area is 217 Å². The van der Waals surface area contributed by atoms with E-state index in [2.05, 4.69) is 9.97 Å². The van der Waals surface area contributed by atoms with Crippen LogP contribution in [-0.4, -0.2) is 54.0 Å². The molecule has 1 saturated heterocycles. The maximum atomic E-state index is 13.3. The molecule has 6 rings (SSSR count). The summed E-state index contributed by atoms with van der Waals surface area (Å²) in [5.41, 5.74) is 2.69. The third kappa shape index (κ3) is 4.03. The van der Waals surface area contributed by atoms with Crippen molar-refractivity contribution in [1.82, 2.24) is 22.8 Å². The third-order valence-electron chi connectivity index (χ3n) is 6.79. The number of benzene rings is 2. The quantitative estimate of drug-likeness (QED) is 0.331. The van der Waals surface area contributed by atoms with E-state index >= 15 is 0 Å². The zero-order valence-electron chi connectivity index (χ0n) is 20.1. The van der Waals surface area contributed by atoms with Crippen LogP contribution in [0.15, 0.2) is 82.8 Å². The molecule has 2 atom stereocenters. The molecule has 11 heteroatoms. The molecule has 0 amide bonds. The Bertz CT molecular complexity index is 1700. The van der Waals surface area contributed by atoms with Crippen LogP contribution in [0.25, 0.3) is 22.1 Å². The van der Waals surface area contributed by atoms with Gasteiger partial charge in [0.2, 0.25) is 0 Å². The van der Waals surface area contributed by atoms with Crippen molar-refractivity contribution in [2.75, 3.05) is 13.1 Å². The van der Waals surface area contributed by atoms with E-state index in [1.165, 1.54) is 10.2 Å². The molecule has 0 spiro atoms. The van der Waals surface area contributed by atoms with Crippen molar-refractivity contribution in [1.29, 1.82) is 0 Å². The van der Waals surface area contributed by atoms with E-state index in [4.69, 9.17) is 0 Å². The van der Waals surface area contributed by atoms with E-state index < -0.39 is 21.4 Å². The van der Waals surface area contributed by atoms with Gasteiger partial charge in [-0.25, -0.2) is 22.4 Å². The zero-order chi connectivity index (χ0) is 25.7. The van der Waals surface area contributed by atoms with E-state index in [1.807, 2.05) is 40.1 Å². The molecule has 9 nitrogen and oxygen atoms in total. The topological polar surface area (TPSA) is 116 Å². The highest BCUT2D eigenvalue weighted by atomic mass is 32.2. The predicted octanol–water partition coefficient (Wildman–Crippen LogP) is 3.39. The minimum Gasteiger partial charge on any atom is -0.593 e. The van der Waals surface area contributed by atoms with E-state index in [0.29, 0.717) is 47.4 Å². The lowest BCUT2D eigenvalue weighted by Gasteiger charge is -2.20. The van der Waals surface area contributed by atoms with Gasteiger partial charge in [-0.05, 0) is 43.7 Å². The van der Waals surface area contributed by atoms with Gasteiger partial charge in [0.05, 0.1) is 40.6 Å². The number of hydrogen-bond acceptors (Lipinski definition) is 7. The van der Waals surface area contributed by atoms with Crippen molar-refractivity contribution >= 4 is 43.5 Å². The number of rotatable bonds is 6. The van der Waals surface area contributed by atoms with Gasteiger partial charge < -0.3 is 14.2 Å². The van der Waals surface area contributed by atoms with Crippen LogP contribution in [0.4, 0.5) is 0 Å². The molecular formula is C26H25N5O4S2. The SMILES string of the molecule is Cc1ccc([S+]([O-])N2CCC(n3c(CO)nc4cnc5c(ccn5S(=O)(=O)c5ccccc5)c43)C2)cc1. The number of pyridine rings is 1. The van der Waals surface area contributed by atoms with Gasteiger partial charge >= 0.3 is 0 Å². The standard InChI is InChI=1S/C26H25N5O4S2/c1-18-7-9-20(10-8-18)36(33)29-13-11-19(16-29)31-24(17-32)28-23-15-27-26-22(25(23)31)12-14-30(26)37(34,35)21-5-3-2-4-6-21/h2-10,12,14-15,19,32H,11,13,16-17H2,1H3. The molecule has 1 aliphatic rings. The van der Waals surface area contributed by atoms with Crippen molar-refractivity contribution in [2.45, 2.75) is 35.8 Å². The Balaban J connectivity index is 1.42. The summed E-state index contributed by atoms with van der Waals surface area (Å²) in [6.45, 7) is 2.84. The van der Waals surface area contributed by atoms with Crippen LogP contribution < -0.4 is 0 Å². The number of aryl methyl sites for hydroxylation is 1. The molecule has 4 heterocycles. The average molecular weight is 536 g/mol. The third-order valence-corrected chi connectivity index (χ3v) is 9.95. The van der Waals surface area contributed by atoms with Crippen LogP contribution >= 0.6 is 0 Å².